The number of hydrogen-bond donors (Lipinski definition) is 0. The van der Waals surface area contributed by atoms with Crippen molar-refractivity contribution >= 4 is 118 Å². The van der Waals surface area contributed by atoms with Gasteiger partial charge in [0.15, 0.2) is 0 Å². The van der Waals surface area contributed by atoms with Gasteiger partial charge in [-0.25, -0.2) is 0 Å². The van der Waals surface area contributed by atoms with Crippen LogP contribution in [0, 0.1) is 0 Å². The van der Waals surface area contributed by atoms with Gasteiger partial charge in [0.05, 0.1) is 0 Å². The Balaban J connectivity index is 1.00. The van der Waals surface area contributed by atoms with Crippen LogP contribution in [0.15, 0.2) is 218 Å². The van der Waals surface area contributed by atoms with E-state index in [-0.39, 0.29) is 0 Å². The molecular weight excluding hydrogens is 801 g/mol. The highest BCUT2D eigenvalue weighted by Gasteiger charge is 2.27. The van der Waals surface area contributed by atoms with E-state index in [9.17, 15) is 0 Å². The minimum Gasteiger partial charge on any atom is -0.135 e. The van der Waals surface area contributed by atoms with Crippen molar-refractivity contribution in [3.05, 3.63) is 218 Å². The van der Waals surface area contributed by atoms with Crippen molar-refractivity contribution in [2.75, 3.05) is 0 Å². The summed E-state index contributed by atoms with van der Waals surface area (Å²) in [5, 5.41) is 23.6. The molecule has 0 bridgehead atoms. The molecule has 0 N–H and O–H groups in total. The van der Waals surface area contributed by atoms with E-state index in [1.807, 2.05) is 11.3 Å². The SMILES string of the molecule is c1ccc(-c2c3cc4c5ccccc5c5cccc(c3c(-c3ccccc3)c3c6ccc(-c7ccc8cc(-c9ccc%10sc%11ccccc%11c%10c9)ccc8c7)c7cccc(c23)c76)c54)cc1. The molecule has 0 spiro atoms. The molecule has 0 atom stereocenters. The first-order chi connectivity index (χ1) is 32.2. The van der Waals surface area contributed by atoms with Gasteiger partial charge >= 0.3 is 0 Å². The second kappa shape index (κ2) is 13.2. The lowest BCUT2D eigenvalue weighted by atomic mass is 9.84. The van der Waals surface area contributed by atoms with Crippen LogP contribution in [0.4, 0.5) is 0 Å². The largest absolute Gasteiger partial charge is 0.135 e. The average Bonchev–Trinajstić information content (AvgIpc) is 4.02. The summed E-state index contributed by atoms with van der Waals surface area (Å²) in [6, 6.07) is 82.2. The van der Waals surface area contributed by atoms with Gasteiger partial charge in [-0.3, -0.25) is 0 Å². The molecule has 14 aromatic carbocycles. The van der Waals surface area contributed by atoms with Gasteiger partial charge in [0.25, 0.3) is 0 Å². The van der Waals surface area contributed by atoms with Crippen LogP contribution in [0.5, 0.6) is 0 Å². The van der Waals surface area contributed by atoms with Gasteiger partial charge < -0.3 is 0 Å². The predicted octanol–water partition coefficient (Wildman–Crippen LogP) is 18.8. The molecule has 0 aliphatic rings. The maximum Gasteiger partial charge on any atom is 0.0355 e. The van der Waals surface area contributed by atoms with Crippen molar-refractivity contribution in [3.63, 3.8) is 0 Å². The summed E-state index contributed by atoms with van der Waals surface area (Å²) in [7, 11) is 0. The third-order valence-corrected chi connectivity index (χ3v) is 15.7. The Hall–Kier alpha value is -8.10. The zero-order chi connectivity index (χ0) is 42.3. The number of thiophene rings is 1. The highest BCUT2D eigenvalue weighted by atomic mass is 32.1. The van der Waals surface area contributed by atoms with E-state index in [0.717, 1.165) is 0 Å². The highest BCUT2D eigenvalue weighted by molar-refractivity contribution is 7.25. The molecule has 0 aliphatic heterocycles. The van der Waals surface area contributed by atoms with Crippen molar-refractivity contribution in [2.45, 2.75) is 0 Å². The number of hydrogen-bond acceptors (Lipinski definition) is 1. The zero-order valence-electron chi connectivity index (χ0n) is 35.2. The molecule has 1 aromatic heterocycles. The van der Waals surface area contributed by atoms with E-state index in [4.69, 9.17) is 0 Å². The summed E-state index contributed by atoms with van der Waals surface area (Å²) < 4.78 is 2.68. The molecule has 0 unspecified atom stereocenters. The van der Waals surface area contributed by atoms with Gasteiger partial charge in [0, 0.05) is 20.2 Å². The van der Waals surface area contributed by atoms with E-state index >= 15 is 0 Å². The van der Waals surface area contributed by atoms with Crippen LogP contribution in [-0.4, -0.2) is 0 Å². The van der Waals surface area contributed by atoms with Crippen molar-refractivity contribution in [1.29, 1.82) is 0 Å². The Bertz CT molecular complexity index is 4440. The first-order valence-corrected chi connectivity index (χ1v) is 23.4. The lowest BCUT2D eigenvalue weighted by molar-refractivity contribution is 1.67. The summed E-state index contributed by atoms with van der Waals surface area (Å²) >= 11 is 1.87. The second-order valence-corrected chi connectivity index (χ2v) is 18.9. The fourth-order valence-corrected chi connectivity index (χ4v) is 12.8. The highest BCUT2D eigenvalue weighted by Crippen LogP contribution is 2.55. The first-order valence-electron chi connectivity index (χ1n) is 22.6. The molecule has 0 fully saturated rings. The topological polar surface area (TPSA) is 0 Å². The van der Waals surface area contributed by atoms with Crippen LogP contribution in [0.3, 0.4) is 0 Å². The van der Waals surface area contributed by atoms with Crippen molar-refractivity contribution in [3.8, 4) is 44.5 Å². The minimum absolute atomic E-state index is 1.23. The Morgan fingerprint density at radius 1 is 0.215 bits per heavy atom. The van der Waals surface area contributed by atoms with E-state index < -0.39 is 0 Å². The molecule has 1 heteroatoms. The molecule has 298 valence electrons. The van der Waals surface area contributed by atoms with Crippen LogP contribution in [0.1, 0.15) is 0 Å². The summed E-state index contributed by atoms with van der Waals surface area (Å²) in [4.78, 5) is 0. The number of rotatable bonds is 4. The second-order valence-electron chi connectivity index (χ2n) is 17.8. The quantitative estimate of drug-likeness (QED) is 0.155. The smallest absolute Gasteiger partial charge is 0.0355 e. The molecule has 0 nitrogen and oxygen atoms in total. The third-order valence-electron chi connectivity index (χ3n) is 14.5. The van der Waals surface area contributed by atoms with Crippen LogP contribution in [-0.2, 0) is 0 Å². The Kier molecular flexibility index (Phi) is 7.19. The number of benzene rings is 12. The standard InChI is InChI=1S/C64H36S/c1-3-13-37(14-4-1)58-55-36-54-46-18-8-7-17-45(46)49-21-12-22-50(61(49)54)62(55)59(38-15-5-2-6-16-38)64-52-31-30-44(48-20-11-23-51(60(48)52)63(58)64)43-28-27-39-33-40(25-26-41(39)34-43)42-29-32-57-53(35-42)47-19-9-10-24-56(47)65-57/h1-36H. The minimum atomic E-state index is 1.23. The molecule has 15 aromatic rings. The van der Waals surface area contributed by atoms with Crippen LogP contribution >= 0.6 is 11.3 Å². The van der Waals surface area contributed by atoms with E-state index in [1.165, 1.54) is 151 Å². The van der Waals surface area contributed by atoms with Crippen molar-refractivity contribution in [1.82, 2.24) is 0 Å². The first kappa shape index (κ1) is 35.4. The van der Waals surface area contributed by atoms with Crippen LogP contribution in [0.25, 0.3) is 151 Å². The zero-order valence-corrected chi connectivity index (χ0v) is 36.0. The van der Waals surface area contributed by atoms with Gasteiger partial charge in [-0.15, -0.1) is 11.3 Å². The summed E-state index contributed by atoms with van der Waals surface area (Å²) in [6.07, 6.45) is 0. The molecule has 1 heterocycles. The summed E-state index contributed by atoms with van der Waals surface area (Å²) in [5.74, 6) is 0. The predicted molar refractivity (Wildman–Crippen MR) is 283 cm³/mol. The average molecular weight is 837 g/mol. The van der Waals surface area contributed by atoms with Gasteiger partial charge in [-0.1, -0.05) is 182 Å². The van der Waals surface area contributed by atoms with E-state index in [1.54, 1.807) is 0 Å². The van der Waals surface area contributed by atoms with Crippen LogP contribution < -0.4 is 0 Å². The molecule has 0 amide bonds. The molecule has 0 saturated heterocycles. The van der Waals surface area contributed by atoms with Gasteiger partial charge in [-0.05, 0) is 167 Å². The van der Waals surface area contributed by atoms with Crippen molar-refractivity contribution < 1.29 is 0 Å². The Labute approximate surface area is 378 Å². The summed E-state index contributed by atoms with van der Waals surface area (Å²) in [5.41, 5.74) is 10.1. The summed E-state index contributed by atoms with van der Waals surface area (Å²) in [6.45, 7) is 0. The Morgan fingerprint density at radius 2 is 0.738 bits per heavy atom. The lowest BCUT2D eigenvalue weighted by Crippen LogP contribution is -1.91. The van der Waals surface area contributed by atoms with Gasteiger partial charge in [-0.2, -0.15) is 0 Å². The van der Waals surface area contributed by atoms with Crippen LogP contribution in [0.2, 0.25) is 0 Å². The normalized spacial score (nSPS) is 12.3. The van der Waals surface area contributed by atoms with E-state index in [0.29, 0.717) is 0 Å². The molecule has 15 rings (SSSR count). The number of fused-ring (bicyclic) bond motifs is 12. The maximum atomic E-state index is 2.53. The molecule has 0 radical (unpaired) electrons. The van der Waals surface area contributed by atoms with Gasteiger partial charge in [0.2, 0.25) is 0 Å². The maximum absolute atomic E-state index is 2.53. The van der Waals surface area contributed by atoms with E-state index in [2.05, 4.69) is 218 Å². The molecule has 0 saturated carbocycles. The third kappa shape index (κ3) is 4.91. The van der Waals surface area contributed by atoms with Crippen molar-refractivity contribution in [2.24, 2.45) is 0 Å². The molecule has 65 heavy (non-hydrogen) atoms. The van der Waals surface area contributed by atoms with Gasteiger partial charge in [0.1, 0.15) is 0 Å². The fourth-order valence-electron chi connectivity index (χ4n) is 11.8. The lowest BCUT2D eigenvalue weighted by Gasteiger charge is -2.19. The fraction of sp³-hybridized carbons (Fsp3) is 0. The molecular formula is C64H36S. The molecule has 0 aliphatic carbocycles. The monoisotopic (exact) mass is 836 g/mol. The Morgan fingerprint density at radius 3 is 1.52 bits per heavy atom.